The van der Waals surface area contributed by atoms with E-state index in [2.05, 4.69) is 5.32 Å². The van der Waals surface area contributed by atoms with Crippen molar-refractivity contribution in [2.45, 2.75) is 64.6 Å². The van der Waals surface area contributed by atoms with Crippen LogP contribution in [0.1, 0.15) is 41.7 Å². The molecule has 9 heteroatoms. The number of sulfonamides is 1. The number of nitrogens with one attached hydrogen (secondary N) is 1. The number of methoxy groups -OCH3 is 1. The fourth-order valence-corrected chi connectivity index (χ4v) is 6.71. The van der Waals surface area contributed by atoms with Gasteiger partial charge < -0.3 is 15.0 Å². The van der Waals surface area contributed by atoms with Crippen LogP contribution in [0, 0.1) is 20.8 Å². The number of aryl methyl sites for hydroxylation is 3. The van der Waals surface area contributed by atoms with E-state index in [4.69, 9.17) is 4.74 Å². The summed E-state index contributed by atoms with van der Waals surface area (Å²) >= 11 is 0. The van der Waals surface area contributed by atoms with Crippen LogP contribution in [0.4, 0.5) is 5.69 Å². The third-order valence-electron chi connectivity index (χ3n) is 7.71. The summed E-state index contributed by atoms with van der Waals surface area (Å²) in [4.78, 5) is 30.1. The SMILES string of the molecule is COc1cccc(CN(C(=O)CN(c2cc(C)ccc2C)S(=O)(=O)c2ccc(C)cc2)C(Cc2ccccc2)C(=O)NC(C)C)c1. The molecule has 1 N–H and O–H groups in total. The standard InChI is InChI=1S/C37H43N3O5S/c1-26(2)38-37(42)35(23-30-11-8-7-9-12-30)39(24-31-13-10-14-32(22-31)45-6)36(41)25-40(34-21-28(4)15-18-29(34)5)46(43,44)33-19-16-27(3)17-20-33/h7-22,26,35H,23-25H2,1-6H3,(H,38,42). The smallest absolute Gasteiger partial charge is 0.264 e. The van der Waals surface area contributed by atoms with Crippen molar-refractivity contribution in [3.05, 3.63) is 125 Å². The summed E-state index contributed by atoms with van der Waals surface area (Å²) in [7, 11) is -2.62. The van der Waals surface area contributed by atoms with Crippen molar-refractivity contribution >= 4 is 27.5 Å². The van der Waals surface area contributed by atoms with E-state index in [1.807, 2.05) is 95.3 Å². The number of benzene rings is 4. The number of rotatable bonds is 13. The Labute approximate surface area is 273 Å². The molecule has 0 aliphatic heterocycles. The average Bonchev–Trinajstić information content (AvgIpc) is 3.03. The molecule has 0 fully saturated rings. The lowest BCUT2D eigenvalue weighted by Gasteiger charge is -2.34. The molecule has 4 aromatic carbocycles. The maximum Gasteiger partial charge on any atom is 0.264 e. The number of hydrogen-bond acceptors (Lipinski definition) is 5. The Morgan fingerprint density at radius 2 is 1.46 bits per heavy atom. The fraction of sp³-hybridized carbons (Fsp3) is 0.297. The third kappa shape index (κ3) is 8.54. The first-order valence-electron chi connectivity index (χ1n) is 15.3. The first kappa shape index (κ1) is 34.2. The zero-order valence-corrected chi connectivity index (χ0v) is 28.2. The minimum Gasteiger partial charge on any atom is -0.497 e. The number of amides is 2. The van der Waals surface area contributed by atoms with Gasteiger partial charge in [-0.15, -0.1) is 0 Å². The highest BCUT2D eigenvalue weighted by molar-refractivity contribution is 7.92. The van der Waals surface area contributed by atoms with Crippen molar-refractivity contribution in [1.29, 1.82) is 0 Å². The number of nitrogens with zero attached hydrogens (tertiary/aromatic N) is 2. The van der Waals surface area contributed by atoms with E-state index in [-0.39, 0.29) is 29.8 Å². The maximum absolute atomic E-state index is 14.6. The van der Waals surface area contributed by atoms with Crippen LogP contribution in [0.5, 0.6) is 5.75 Å². The van der Waals surface area contributed by atoms with Gasteiger partial charge in [-0.1, -0.05) is 72.3 Å². The van der Waals surface area contributed by atoms with E-state index in [0.717, 1.165) is 22.3 Å². The maximum atomic E-state index is 14.6. The van der Waals surface area contributed by atoms with Crippen molar-refractivity contribution in [2.75, 3.05) is 18.0 Å². The Morgan fingerprint density at radius 1 is 0.804 bits per heavy atom. The monoisotopic (exact) mass is 641 g/mol. The van der Waals surface area contributed by atoms with Crippen molar-refractivity contribution in [3.63, 3.8) is 0 Å². The molecule has 4 aromatic rings. The van der Waals surface area contributed by atoms with Gasteiger partial charge in [-0.25, -0.2) is 8.42 Å². The molecule has 4 rings (SSSR count). The summed E-state index contributed by atoms with van der Waals surface area (Å²) < 4.78 is 35.2. The summed E-state index contributed by atoms with van der Waals surface area (Å²) in [6, 6.07) is 27.8. The molecular weight excluding hydrogens is 598 g/mol. The van der Waals surface area contributed by atoms with Gasteiger partial charge in [0.15, 0.2) is 0 Å². The highest BCUT2D eigenvalue weighted by Gasteiger charge is 2.35. The van der Waals surface area contributed by atoms with Crippen molar-refractivity contribution < 1.29 is 22.7 Å². The van der Waals surface area contributed by atoms with Crippen molar-refractivity contribution in [1.82, 2.24) is 10.2 Å². The quantitative estimate of drug-likeness (QED) is 0.194. The molecule has 0 saturated heterocycles. The first-order valence-corrected chi connectivity index (χ1v) is 16.8. The van der Waals surface area contributed by atoms with Crippen molar-refractivity contribution in [2.24, 2.45) is 0 Å². The second-order valence-electron chi connectivity index (χ2n) is 11.9. The Balaban J connectivity index is 1.84. The molecule has 46 heavy (non-hydrogen) atoms. The van der Waals surface area contributed by atoms with E-state index in [1.54, 1.807) is 43.5 Å². The predicted octanol–water partition coefficient (Wildman–Crippen LogP) is 5.98. The second-order valence-corrected chi connectivity index (χ2v) is 13.7. The van der Waals surface area contributed by atoms with E-state index in [9.17, 15) is 18.0 Å². The number of hydrogen-bond donors (Lipinski definition) is 1. The molecular formula is C37H43N3O5S. The van der Waals surface area contributed by atoms with Crippen LogP contribution in [-0.2, 0) is 32.6 Å². The molecule has 0 spiro atoms. The molecule has 1 atom stereocenters. The minimum atomic E-state index is -4.18. The highest BCUT2D eigenvalue weighted by atomic mass is 32.2. The van der Waals surface area contributed by atoms with Crippen LogP contribution in [0.3, 0.4) is 0 Å². The van der Waals surface area contributed by atoms with E-state index in [0.29, 0.717) is 17.0 Å². The molecule has 0 heterocycles. The molecule has 1 unspecified atom stereocenters. The van der Waals surface area contributed by atoms with Gasteiger partial charge in [-0.3, -0.25) is 13.9 Å². The largest absolute Gasteiger partial charge is 0.497 e. The fourth-order valence-electron chi connectivity index (χ4n) is 5.24. The summed E-state index contributed by atoms with van der Waals surface area (Å²) in [6.45, 7) is 8.86. The first-order chi connectivity index (χ1) is 21.9. The zero-order valence-electron chi connectivity index (χ0n) is 27.4. The molecule has 8 nitrogen and oxygen atoms in total. The van der Waals surface area contributed by atoms with Crippen LogP contribution in [0.25, 0.3) is 0 Å². The Morgan fingerprint density at radius 3 is 2.11 bits per heavy atom. The van der Waals surface area contributed by atoms with E-state index in [1.165, 1.54) is 9.21 Å². The van der Waals surface area contributed by atoms with Gasteiger partial charge in [0.05, 0.1) is 17.7 Å². The Bertz CT molecular complexity index is 1760. The van der Waals surface area contributed by atoms with Gasteiger partial charge >= 0.3 is 0 Å². The summed E-state index contributed by atoms with van der Waals surface area (Å²) in [5, 5.41) is 2.98. The van der Waals surface area contributed by atoms with Gasteiger partial charge in [-0.2, -0.15) is 0 Å². The average molecular weight is 642 g/mol. The molecule has 0 aliphatic rings. The van der Waals surface area contributed by atoms with Gasteiger partial charge in [0, 0.05) is 19.0 Å². The lowest BCUT2D eigenvalue weighted by atomic mass is 10.0. The Kier molecular flexibility index (Phi) is 11.2. The second kappa shape index (κ2) is 15.1. The third-order valence-corrected chi connectivity index (χ3v) is 9.48. The summed E-state index contributed by atoms with van der Waals surface area (Å²) in [5.41, 5.74) is 4.48. The zero-order chi connectivity index (χ0) is 33.4. The lowest BCUT2D eigenvalue weighted by Crippen LogP contribution is -2.54. The van der Waals surface area contributed by atoms with Gasteiger partial charge in [0.2, 0.25) is 11.8 Å². The minimum absolute atomic E-state index is 0.0598. The number of anilines is 1. The predicted molar refractivity (Wildman–Crippen MR) is 182 cm³/mol. The van der Waals surface area contributed by atoms with Gasteiger partial charge in [-0.05, 0) is 87.2 Å². The van der Waals surface area contributed by atoms with E-state index < -0.39 is 28.5 Å². The molecule has 0 aromatic heterocycles. The molecule has 0 radical (unpaired) electrons. The summed E-state index contributed by atoms with van der Waals surface area (Å²) in [6.07, 6.45) is 0.239. The summed E-state index contributed by atoms with van der Waals surface area (Å²) in [5.74, 6) is -0.232. The Hall–Kier alpha value is -4.63. The van der Waals surface area contributed by atoms with Crippen LogP contribution in [0.2, 0.25) is 0 Å². The van der Waals surface area contributed by atoms with E-state index >= 15 is 0 Å². The topological polar surface area (TPSA) is 96.0 Å². The molecule has 0 saturated carbocycles. The lowest BCUT2D eigenvalue weighted by molar-refractivity contribution is -0.140. The number of carbonyl (C=O) groups excluding carboxylic acids is 2. The van der Waals surface area contributed by atoms with Crippen LogP contribution in [-0.4, -0.2) is 50.9 Å². The van der Waals surface area contributed by atoms with Gasteiger partial charge in [0.25, 0.3) is 10.0 Å². The van der Waals surface area contributed by atoms with Crippen LogP contribution in [0.15, 0.2) is 102 Å². The normalized spacial score (nSPS) is 12.0. The van der Waals surface area contributed by atoms with Crippen LogP contribution < -0.4 is 14.4 Å². The highest BCUT2D eigenvalue weighted by Crippen LogP contribution is 2.29. The molecule has 0 aliphatic carbocycles. The van der Waals surface area contributed by atoms with Gasteiger partial charge in [0.1, 0.15) is 18.3 Å². The van der Waals surface area contributed by atoms with Crippen molar-refractivity contribution in [3.8, 4) is 5.75 Å². The molecule has 242 valence electrons. The molecule has 0 bridgehead atoms. The number of carbonyl (C=O) groups is 2. The molecule has 2 amide bonds. The number of ether oxygens (including phenoxy) is 1. The van der Waals surface area contributed by atoms with Crippen LogP contribution >= 0.6 is 0 Å².